The minimum absolute atomic E-state index is 0.107. The predicted octanol–water partition coefficient (Wildman–Crippen LogP) is 2.44. The number of carbonyl (C=O) groups excluding carboxylic acids is 1. The number of hydrogen-bond acceptors (Lipinski definition) is 2. The molecule has 0 spiro atoms. The van der Waals surface area contributed by atoms with E-state index in [1.807, 2.05) is 6.92 Å². The van der Waals surface area contributed by atoms with Crippen LogP contribution in [0.3, 0.4) is 0 Å². The second kappa shape index (κ2) is 4.26. The number of methoxy groups -OCH3 is 1. The third kappa shape index (κ3) is 1.90. The van der Waals surface area contributed by atoms with Crippen LogP contribution in [0.1, 0.15) is 27.2 Å². The second-order valence-corrected chi connectivity index (χ2v) is 4.72. The first-order chi connectivity index (χ1) is 6.54. The summed E-state index contributed by atoms with van der Waals surface area (Å²) in [5.74, 6) is 0.570. The van der Waals surface area contributed by atoms with Crippen LogP contribution in [0.5, 0.6) is 0 Å². The molecule has 2 atom stereocenters. The lowest BCUT2D eigenvalue weighted by atomic mass is 9.72. The van der Waals surface area contributed by atoms with Gasteiger partial charge in [0.25, 0.3) is 0 Å². The summed E-state index contributed by atoms with van der Waals surface area (Å²) in [5, 5.41) is 0. The molecule has 1 rings (SSSR count). The Labute approximate surface area is 86.3 Å². The summed E-state index contributed by atoms with van der Waals surface area (Å²) in [6, 6.07) is 0. The Morgan fingerprint density at radius 3 is 2.86 bits per heavy atom. The minimum atomic E-state index is 0.107. The van der Waals surface area contributed by atoms with Gasteiger partial charge in [-0.1, -0.05) is 26.8 Å². The fourth-order valence-electron chi connectivity index (χ4n) is 2.43. The Balaban J connectivity index is 2.76. The van der Waals surface area contributed by atoms with Gasteiger partial charge in [0.05, 0.1) is 6.61 Å². The van der Waals surface area contributed by atoms with Crippen LogP contribution >= 0.6 is 0 Å². The molecule has 14 heavy (non-hydrogen) atoms. The Hall–Kier alpha value is -0.630. The SMILES string of the molecule is COCC1=CCC(C(C)C=O)C1(C)C. The largest absolute Gasteiger partial charge is 0.380 e. The highest BCUT2D eigenvalue weighted by Crippen LogP contribution is 2.46. The molecule has 2 nitrogen and oxygen atoms in total. The fraction of sp³-hybridized carbons (Fsp3) is 0.750. The number of rotatable bonds is 4. The molecule has 0 amide bonds. The van der Waals surface area contributed by atoms with Gasteiger partial charge in [-0.05, 0) is 23.3 Å². The van der Waals surface area contributed by atoms with E-state index in [0.29, 0.717) is 12.5 Å². The average molecular weight is 196 g/mol. The van der Waals surface area contributed by atoms with Crippen molar-refractivity contribution in [1.82, 2.24) is 0 Å². The van der Waals surface area contributed by atoms with Crippen molar-refractivity contribution in [1.29, 1.82) is 0 Å². The summed E-state index contributed by atoms with van der Waals surface area (Å²) >= 11 is 0. The third-order valence-corrected chi connectivity index (χ3v) is 3.52. The molecule has 0 bridgehead atoms. The summed E-state index contributed by atoms with van der Waals surface area (Å²) in [4.78, 5) is 10.8. The summed E-state index contributed by atoms with van der Waals surface area (Å²) < 4.78 is 5.17. The summed E-state index contributed by atoms with van der Waals surface area (Å²) in [7, 11) is 1.72. The summed E-state index contributed by atoms with van der Waals surface area (Å²) in [5.41, 5.74) is 1.44. The summed E-state index contributed by atoms with van der Waals surface area (Å²) in [6.45, 7) is 7.10. The molecule has 2 heteroatoms. The first-order valence-electron chi connectivity index (χ1n) is 5.17. The zero-order chi connectivity index (χ0) is 10.8. The smallest absolute Gasteiger partial charge is 0.123 e. The molecule has 2 unspecified atom stereocenters. The van der Waals surface area contributed by atoms with E-state index in [2.05, 4.69) is 19.9 Å². The number of ether oxygens (including phenoxy) is 1. The van der Waals surface area contributed by atoms with Crippen LogP contribution in [0, 0.1) is 17.3 Å². The standard InChI is InChI=1S/C12H20O2/c1-9(7-13)11-6-5-10(8-14-4)12(11,2)3/h5,7,9,11H,6,8H2,1-4H3. The number of aldehydes is 1. The molecule has 0 saturated carbocycles. The Kier molecular flexibility index (Phi) is 3.48. The molecule has 0 aliphatic heterocycles. The lowest BCUT2D eigenvalue weighted by molar-refractivity contribution is -0.112. The van der Waals surface area contributed by atoms with Gasteiger partial charge < -0.3 is 9.53 Å². The van der Waals surface area contributed by atoms with Gasteiger partial charge in [-0.2, -0.15) is 0 Å². The van der Waals surface area contributed by atoms with Crippen LogP contribution in [-0.4, -0.2) is 20.0 Å². The van der Waals surface area contributed by atoms with Crippen molar-refractivity contribution < 1.29 is 9.53 Å². The van der Waals surface area contributed by atoms with E-state index in [-0.39, 0.29) is 11.3 Å². The highest BCUT2D eigenvalue weighted by molar-refractivity contribution is 5.54. The van der Waals surface area contributed by atoms with Gasteiger partial charge in [-0.3, -0.25) is 0 Å². The highest BCUT2D eigenvalue weighted by atomic mass is 16.5. The van der Waals surface area contributed by atoms with Crippen LogP contribution in [0.25, 0.3) is 0 Å². The van der Waals surface area contributed by atoms with Crippen molar-refractivity contribution in [2.75, 3.05) is 13.7 Å². The van der Waals surface area contributed by atoms with E-state index in [4.69, 9.17) is 4.74 Å². The van der Waals surface area contributed by atoms with Gasteiger partial charge in [0, 0.05) is 13.0 Å². The molecule has 1 aliphatic rings. The maximum atomic E-state index is 10.8. The molecule has 1 aliphatic carbocycles. The lowest BCUT2D eigenvalue weighted by Gasteiger charge is -2.32. The predicted molar refractivity (Wildman–Crippen MR) is 57.1 cm³/mol. The van der Waals surface area contributed by atoms with Crippen LogP contribution in [-0.2, 0) is 9.53 Å². The van der Waals surface area contributed by atoms with Crippen LogP contribution < -0.4 is 0 Å². The normalized spacial score (nSPS) is 27.1. The molecular weight excluding hydrogens is 176 g/mol. The van der Waals surface area contributed by atoms with Gasteiger partial charge in [0.1, 0.15) is 6.29 Å². The average Bonchev–Trinajstić information content (AvgIpc) is 2.42. The zero-order valence-electron chi connectivity index (χ0n) is 9.54. The van der Waals surface area contributed by atoms with E-state index < -0.39 is 0 Å². The van der Waals surface area contributed by atoms with Crippen molar-refractivity contribution >= 4 is 6.29 Å². The first-order valence-corrected chi connectivity index (χ1v) is 5.17. The molecule has 0 fully saturated rings. The minimum Gasteiger partial charge on any atom is -0.380 e. The van der Waals surface area contributed by atoms with Gasteiger partial charge in [0.2, 0.25) is 0 Å². The molecule has 80 valence electrons. The van der Waals surface area contributed by atoms with Crippen molar-refractivity contribution in [3.63, 3.8) is 0 Å². The highest BCUT2D eigenvalue weighted by Gasteiger charge is 2.39. The zero-order valence-corrected chi connectivity index (χ0v) is 9.54. The summed E-state index contributed by atoms with van der Waals surface area (Å²) in [6.07, 6.45) is 4.30. The van der Waals surface area contributed by atoms with E-state index in [1.54, 1.807) is 7.11 Å². The molecule has 0 saturated heterocycles. The van der Waals surface area contributed by atoms with Crippen molar-refractivity contribution in [3.05, 3.63) is 11.6 Å². The molecule has 0 radical (unpaired) electrons. The van der Waals surface area contributed by atoms with Crippen LogP contribution in [0.4, 0.5) is 0 Å². The van der Waals surface area contributed by atoms with E-state index >= 15 is 0 Å². The Bertz CT molecular complexity index is 241. The van der Waals surface area contributed by atoms with Crippen molar-refractivity contribution in [3.8, 4) is 0 Å². The first kappa shape index (κ1) is 11.4. The van der Waals surface area contributed by atoms with Gasteiger partial charge in [-0.15, -0.1) is 0 Å². The quantitative estimate of drug-likeness (QED) is 0.510. The Morgan fingerprint density at radius 2 is 2.36 bits per heavy atom. The van der Waals surface area contributed by atoms with Crippen LogP contribution in [0.15, 0.2) is 11.6 Å². The number of carbonyl (C=O) groups is 1. The van der Waals surface area contributed by atoms with E-state index in [0.717, 1.165) is 12.7 Å². The van der Waals surface area contributed by atoms with Crippen molar-refractivity contribution in [2.45, 2.75) is 27.2 Å². The van der Waals surface area contributed by atoms with Crippen molar-refractivity contribution in [2.24, 2.45) is 17.3 Å². The monoisotopic (exact) mass is 196 g/mol. The van der Waals surface area contributed by atoms with Crippen LogP contribution in [0.2, 0.25) is 0 Å². The van der Waals surface area contributed by atoms with Gasteiger partial charge in [0.15, 0.2) is 0 Å². The molecule has 0 aromatic carbocycles. The topological polar surface area (TPSA) is 26.3 Å². The molecule has 0 heterocycles. The van der Waals surface area contributed by atoms with Gasteiger partial charge in [-0.25, -0.2) is 0 Å². The van der Waals surface area contributed by atoms with E-state index in [1.165, 1.54) is 5.57 Å². The fourth-order valence-corrected chi connectivity index (χ4v) is 2.43. The maximum Gasteiger partial charge on any atom is 0.123 e. The molecule has 0 aromatic rings. The van der Waals surface area contributed by atoms with E-state index in [9.17, 15) is 4.79 Å². The third-order valence-electron chi connectivity index (χ3n) is 3.52. The molecule has 0 aromatic heterocycles. The number of hydrogen-bond donors (Lipinski definition) is 0. The maximum absolute atomic E-state index is 10.8. The number of allylic oxidation sites excluding steroid dienone is 1. The second-order valence-electron chi connectivity index (χ2n) is 4.72. The molecule has 0 N–H and O–H groups in total. The Morgan fingerprint density at radius 1 is 1.71 bits per heavy atom. The molecular formula is C12H20O2. The lowest BCUT2D eigenvalue weighted by Crippen LogP contribution is -2.28. The van der Waals surface area contributed by atoms with Gasteiger partial charge >= 0.3 is 0 Å².